The number of methoxy groups -OCH3 is 1. The number of carbonyl (C=O) groups excluding carboxylic acids is 2. The third kappa shape index (κ3) is 7.68. The number of nitrogens with two attached hydrogens (primary N) is 1. The summed E-state index contributed by atoms with van der Waals surface area (Å²) in [4.78, 5) is 28.5. The molecule has 1 atom stereocenters. The summed E-state index contributed by atoms with van der Waals surface area (Å²) in [6.45, 7) is 11.8. The molecule has 0 saturated carbocycles. The Morgan fingerprint density at radius 1 is 1.10 bits per heavy atom. The van der Waals surface area contributed by atoms with Crippen molar-refractivity contribution in [3.05, 3.63) is 78.5 Å². The number of carbonyl (C=O) groups is 2. The molecule has 9 nitrogen and oxygen atoms in total. The van der Waals surface area contributed by atoms with E-state index in [0.717, 1.165) is 47.3 Å². The van der Waals surface area contributed by atoms with E-state index < -0.39 is 14.2 Å². The number of amides is 2. The van der Waals surface area contributed by atoms with E-state index in [4.69, 9.17) is 14.9 Å². The summed E-state index contributed by atoms with van der Waals surface area (Å²) in [5, 5.41) is 4.19. The molecular weight excluding hydrogens is 546 g/mol. The Bertz CT molecular complexity index is 1520. The number of benzene rings is 2. The predicted octanol–water partition coefficient (Wildman–Crippen LogP) is 6.52. The van der Waals surface area contributed by atoms with Crippen molar-refractivity contribution in [2.45, 2.75) is 77.4 Å². The molecule has 10 heteroatoms. The quantitative estimate of drug-likeness (QED) is 0.172. The van der Waals surface area contributed by atoms with Crippen LogP contribution in [-0.2, 0) is 22.2 Å². The molecule has 2 aromatic heterocycles. The number of aromatic nitrogens is 3. The highest BCUT2D eigenvalue weighted by molar-refractivity contribution is 6.74. The topological polar surface area (TPSA) is 113 Å². The maximum absolute atomic E-state index is 12.7. The van der Waals surface area contributed by atoms with Gasteiger partial charge in [-0.3, -0.25) is 9.59 Å². The largest absolute Gasteiger partial charge is 0.497 e. The van der Waals surface area contributed by atoms with Crippen molar-refractivity contribution in [1.82, 2.24) is 14.1 Å². The molecule has 0 bridgehead atoms. The molecule has 2 heterocycles. The van der Waals surface area contributed by atoms with E-state index in [-0.39, 0.29) is 22.9 Å². The lowest BCUT2D eigenvalue weighted by atomic mass is 10.1. The molecule has 0 fully saturated rings. The molecule has 0 radical (unpaired) electrons. The first-order valence-electron chi connectivity index (χ1n) is 14.4. The second-order valence-electron chi connectivity index (χ2n) is 12.2. The summed E-state index contributed by atoms with van der Waals surface area (Å²) in [5.41, 5.74) is 8.61. The van der Waals surface area contributed by atoms with Crippen molar-refractivity contribution in [1.29, 1.82) is 0 Å². The van der Waals surface area contributed by atoms with Crippen LogP contribution in [0.4, 0.5) is 5.69 Å². The fourth-order valence-corrected chi connectivity index (χ4v) is 5.85. The molecular formula is C32H43N5O4Si. The molecule has 0 spiro atoms. The maximum atomic E-state index is 12.7. The van der Waals surface area contributed by atoms with Gasteiger partial charge in [0.05, 0.1) is 19.0 Å². The van der Waals surface area contributed by atoms with E-state index in [1.54, 1.807) is 19.6 Å². The highest BCUT2D eigenvalue weighted by Crippen LogP contribution is 2.39. The van der Waals surface area contributed by atoms with Crippen LogP contribution < -0.4 is 15.8 Å². The Kier molecular flexibility index (Phi) is 9.58. The zero-order valence-corrected chi connectivity index (χ0v) is 26.5. The van der Waals surface area contributed by atoms with E-state index in [0.29, 0.717) is 12.8 Å². The molecule has 42 heavy (non-hydrogen) atoms. The van der Waals surface area contributed by atoms with Crippen molar-refractivity contribution in [3.8, 4) is 5.75 Å². The van der Waals surface area contributed by atoms with Crippen molar-refractivity contribution in [2.75, 3.05) is 12.4 Å². The molecule has 2 aromatic carbocycles. The third-order valence-corrected chi connectivity index (χ3v) is 12.6. The summed E-state index contributed by atoms with van der Waals surface area (Å²) < 4.78 is 16.0. The van der Waals surface area contributed by atoms with Gasteiger partial charge in [-0.15, -0.1) is 0 Å². The minimum absolute atomic E-state index is 0.0236. The predicted molar refractivity (Wildman–Crippen MR) is 169 cm³/mol. The Morgan fingerprint density at radius 2 is 1.83 bits per heavy atom. The van der Waals surface area contributed by atoms with Gasteiger partial charge in [-0.05, 0) is 78.7 Å². The Morgan fingerprint density at radius 3 is 2.48 bits per heavy atom. The van der Waals surface area contributed by atoms with Crippen LogP contribution in [0.2, 0.25) is 18.1 Å². The second-order valence-corrected chi connectivity index (χ2v) is 17.0. The standard InChI is InChI=1S/C32H43N5O4Si/c1-32(2,3)42(5,6)41-30(37-21-27(31(33)39)34-22-37)8-7-18-36-19-17-24-12-13-25(20-28(24)36)35-29(38)16-11-23-9-14-26(40-4)15-10-23/h9-10,12-15,17,19-22,30H,7-8,11,16,18H2,1-6H3,(H2,33,39)(H,35,38). The summed E-state index contributed by atoms with van der Waals surface area (Å²) in [6, 6.07) is 15.9. The Labute approximate surface area is 249 Å². The zero-order valence-electron chi connectivity index (χ0n) is 25.5. The molecule has 4 rings (SSSR count). The monoisotopic (exact) mass is 589 g/mol. The second kappa shape index (κ2) is 13.0. The lowest BCUT2D eigenvalue weighted by molar-refractivity contribution is -0.116. The molecule has 224 valence electrons. The van der Waals surface area contributed by atoms with Crippen LogP contribution in [0.5, 0.6) is 5.75 Å². The third-order valence-electron chi connectivity index (χ3n) is 8.13. The molecule has 4 aromatic rings. The van der Waals surface area contributed by atoms with Crippen LogP contribution in [0.15, 0.2) is 67.3 Å². The number of anilines is 1. The highest BCUT2D eigenvalue weighted by Gasteiger charge is 2.39. The lowest BCUT2D eigenvalue weighted by Gasteiger charge is -2.39. The first-order chi connectivity index (χ1) is 19.9. The van der Waals surface area contributed by atoms with Gasteiger partial charge in [-0.1, -0.05) is 39.0 Å². The average molecular weight is 590 g/mol. The van der Waals surface area contributed by atoms with E-state index in [1.165, 1.54) is 0 Å². The summed E-state index contributed by atoms with van der Waals surface area (Å²) in [6.07, 6.45) is 7.76. The molecule has 0 aliphatic rings. The Balaban J connectivity index is 1.40. The number of imidazole rings is 1. The van der Waals surface area contributed by atoms with Gasteiger partial charge in [0.1, 0.15) is 17.7 Å². The van der Waals surface area contributed by atoms with E-state index in [2.05, 4.69) is 61.0 Å². The van der Waals surface area contributed by atoms with Crippen LogP contribution in [-0.4, -0.2) is 41.4 Å². The van der Waals surface area contributed by atoms with E-state index in [1.807, 2.05) is 47.0 Å². The highest BCUT2D eigenvalue weighted by atomic mass is 28.4. The van der Waals surface area contributed by atoms with Crippen LogP contribution >= 0.6 is 0 Å². The van der Waals surface area contributed by atoms with Gasteiger partial charge in [0.25, 0.3) is 5.91 Å². The Hall–Kier alpha value is -3.89. The number of rotatable bonds is 13. The number of hydrogen-bond acceptors (Lipinski definition) is 5. The fourth-order valence-electron chi connectivity index (χ4n) is 4.57. The maximum Gasteiger partial charge on any atom is 0.268 e. The number of ether oxygens (including phenoxy) is 1. The van der Waals surface area contributed by atoms with Crippen molar-refractivity contribution < 1.29 is 18.8 Å². The molecule has 0 aliphatic carbocycles. The average Bonchev–Trinajstić information content (AvgIpc) is 3.59. The summed E-state index contributed by atoms with van der Waals surface area (Å²) >= 11 is 0. The number of nitrogens with one attached hydrogen (secondary N) is 1. The normalized spacial score (nSPS) is 12.8. The van der Waals surface area contributed by atoms with Crippen LogP contribution in [0.3, 0.4) is 0 Å². The minimum atomic E-state index is -2.10. The van der Waals surface area contributed by atoms with Gasteiger partial charge in [0, 0.05) is 31.0 Å². The minimum Gasteiger partial charge on any atom is -0.497 e. The SMILES string of the molecule is COc1ccc(CCC(=O)Nc2ccc3ccn(CCCC(O[Si](C)(C)C(C)(C)C)n4cnc(C(N)=O)c4)c3c2)cc1. The smallest absolute Gasteiger partial charge is 0.268 e. The van der Waals surface area contributed by atoms with Crippen LogP contribution in [0.25, 0.3) is 10.9 Å². The van der Waals surface area contributed by atoms with Gasteiger partial charge in [-0.2, -0.15) is 0 Å². The van der Waals surface area contributed by atoms with Crippen LogP contribution in [0.1, 0.15) is 62.3 Å². The number of fused-ring (bicyclic) bond motifs is 1. The van der Waals surface area contributed by atoms with Gasteiger partial charge < -0.3 is 29.3 Å². The molecule has 1 unspecified atom stereocenters. The van der Waals surface area contributed by atoms with Gasteiger partial charge in [-0.25, -0.2) is 4.98 Å². The first kappa shape index (κ1) is 31.1. The van der Waals surface area contributed by atoms with Gasteiger partial charge >= 0.3 is 0 Å². The van der Waals surface area contributed by atoms with Crippen LogP contribution in [0, 0.1) is 0 Å². The number of aryl methyl sites for hydroxylation is 2. The van der Waals surface area contributed by atoms with Gasteiger partial charge in [0.2, 0.25) is 5.91 Å². The summed E-state index contributed by atoms with van der Waals surface area (Å²) in [7, 11) is -0.463. The van der Waals surface area contributed by atoms with Crippen molar-refractivity contribution in [3.63, 3.8) is 0 Å². The number of hydrogen-bond donors (Lipinski definition) is 2. The number of primary amides is 1. The first-order valence-corrected chi connectivity index (χ1v) is 17.3. The molecule has 3 N–H and O–H groups in total. The fraction of sp³-hybridized carbons (Fsp3) is 0.406. The van der Waals surface area contributed by atoms with E-state index in [9.17, 15) is 9.59 Å². The molecule has 0 saturated heterocycles. The molecule has 0 aliphatic heterocycles. The van der Waals surface area contributed by atoms with Crippen molar-refractivity contribution in [2.24, 2.45) is 5.73 Å². The zero-order chi connectivity index (χ0) is 30.5. The van der Waals surface area contributed by atoms with E-state index >= 15 is 0 Å². The van der Waals surface area contributed by atoms with Crippen molar-refractivity contribution >= 4 is 36.7 Å². The summed E-state index contributed by atoms with van der Waals surface area (Å²) in [5.74, 6) is 0.226. The van der Waals surface area contributed by atoms with Gasteiger partial charge in [0.15, 0.2) is 8.32 Å². The molecule has 2 amide bonds. The lowest BCUT2D eigenvalue weighted by Crippen LogP contribution is -2.42. The number of nitrogens with zero attached hydrogens (tertiary/aromatic N) is 3.